The molecule has 6 nitrogen and oxygen atoms in total. The van der Waals surface area contributed by atoms with Crippen LogP contribution in [0, 0.1) is 10.1 Å². The Bertz CT molecular complexity index is 477. The van der Waals surface area contributed by atoms with E-state index in [2.05, 4.69) is 43.1 Å². The highest BCUT2D eigenvalue weighted by atomic mass is 16.6. The maximum Gasteiger partial charge on any atom is 0.292 e. The molecule has 1 rings (SSSR count). The zero-order valence-electron chi connectivity index (χ0n) is 13.6. The van der Waals surface area contributed by atoms with Gasteiger partial charge in [0.15, 0.2) is 0 Å². The number of likely N-dealkylation sites (N-methyl/N-ethyl adjacent to an activating group) is 2. The molecule has 0 fully saturated rings. The van der Waals surface area contributed by atoms with Crippen molar-refractivity contribution in [1.82, 2.24) is 9.80 Å². The van der Waals surface area contributed by atoms with Crippen LogP contribution in [0.5, 0.6) is 0 Å². The number of nitrogens with one attached hydrogen (secondary N) is 1. The van der Waals surface area contributed by atoms with Gasteiger partial charge in [-0.05, 0) is 39.2 Å². The van der Waals surface area contributed by atoms with Crippen molar-refractivity contribution >= 4 is 11.4 Å². The highest BCUT2D eigenvalue weighted by Crippen LogP contribution is 2.25. The van der Waals surface area contributed by atoms with Gasteiger partial charge in [0.1, 0.15) is 5.69 Å². The van der Waals surface area contributed by atoms with Gasteiger partial charge >= 0.3 is 0 Å². The summed E-state index contributed by atoms with van der Waals surface area (Å²) in [6, 6.07) is 5.78. The fourth-order valence-corrected chi connectivity index (χ4v) is 2.50. The summed E-state index contributed by atoms with van der Waals surface area (Å²) in [5.74, 6) is 0. The van der Waals surface area contributed by atoms with E-state index in [0.29, 0.717) is 11.7 Å². The van der Waals surface area contributed by atoms with Crippen LogP contribution in [0.25, 0.3) is 0 Å². The number of anilines is 1. The molecule has 0 aliphatic heterocycles. The minimum Gasteiger partial charge on any atom is -0.383 e. The van der Waals surface area contributed by atoms with E-state index in [9.17, 15) is 10.1 Å². The maximum atomic E-state index is 11.1. The average Bonchev–Trinajstić information content (AvgIpc) is 2.43. The van der Waals surface area contributed by atoms with Crippen molar-refractivity contribution in [3.63, 3.8) is 0 Å². The van der Waals surface area contributed by atoms with E-state index in [0.717, 1.165) is 25.2 Å². The topological polar surface area (TPSA) is 61.6 Å². The maximum absolute atomic E-state index is 11.1. The van der Waals surface area contributed by atoms with Crippen LogP contribution in [0.1, 0.15) is 19.4 Å². The van der Waals surface area contributed by atoms with Gasteiger partial charge in [-0.25, -0.2) is 0 Å². The van der Waals surface area contributed by atoms with Crippen LogP contribution in [-0.4, -0.2) is 55.0 Å². The van der Waals surface area contributed by atoms with Gasteiger partial charge < -0.3 is 10.2 Å². The Labute approximate surface area is 126 Å². The van der Waals surface area contributed by atoms with E-state index in [-0.39, 0.29) is 10.6 Å². The van der Waals surface area contributed by atoms with Gasteiger partial charge in [0.2, 0.25) is 0 Å². The number of benzene rings is 1. The number of nitro benzene ring substituents is 1. The van der Waals surface area contributed by atoms with Crippen LogP contribution in [0.3, 0.4) is 0 Å². The summed E-state index contributed by atoms with van der Waals surface area (Å²) in [5, 5.41) is 14.0. The molecule has 1 aromatic carbocycles. The van der Waals surface area contributed by atoms with Gasteiger partial charge in [0.25, 0.3) is 5.69 Å². The summed E-state index contributed by atoms with van der Waals surface area (Å²) in [6.45, 7) is 6.89. The molecule has 0 saturated carbocycles. The SMILES string of the molecule is CCN(Cc1ccc(NC)c([N+](=O)[O-])c1)C(C)CN(C)C. The Hall–Kier alpha value is -1.66. The first-order valence-electron chi connectivity index (χ1n) is 7.22. The predicted molar refractivity (Wildman–Crippen MR) is 86.7 cm³/mol. The van der Waals surface area contributed by atoms with Gasteiger partial charge in [-0.15, -0.1) is 0 Å². The normalized spacial score (nSPS) is 12.7. The summed E-state index contributed by atoms with van der Waals surface area (Å²) in [6.07, 6.45) is 0. The number of hydrogen-bond donors (Lipinski definition) is 1. The van der Waals surface area contributed by atoms with E-state index >= 15 is 0 Å². The van der Waals surface area contributed by atoms with Crippen molar-refractivity contribution in [2.45, 2.75) is 26.4 Å². The first kappa shape index (κ1) is 17.4. The molecule has 0 aliphatic carbocycles. The number of hydrogen-bond acceptors (Lipinski definition) is 5. The third-order valence-electron chi connectivity index (χ3n) is 3.57. The number of nitro groups is 1. The second kappa shape index (κ2) is 7.95. The van der Waals surface area contributed by atoms with Crippen molar-refractivity contribution in [2.24, 2.45) is 0 Å². The molecule has 0 amide bonds. The molecular formula is C15H26N4O2. The second-order valence-corrected chi connectivity index (χ2v) is 5.53. The Kier molecular flexibility index (Phi) is 6.58. The van der Waals surface area contributed by atoms with E-state index in [1.807, 2.05) is 6.07 Å². The van der Waals surface area contributed by atoms with Crippen LogP contribution in [0.2, 0.25) is 0 Å². The summed E-state index contributed by atoms with van der Waals surface area (Å²) in [5.41, 5.74) is 1.65. The van der Waals surface area contributed by atoms with Gasteiger partial charge in [0.05, 0.1) is 4.92 Å². The summed E-state index contributed by atoms with van der Waals surface area (Å²) in [4.78, 5) is 15.2. The zero-order chi connectivity index (χ0) is 16.0. The third kappa shape index (κ3) is 4.99. The molecular weight excluding hydrogens is 268 g/mol. The molecule has 21 heavy (non-hydrogen) atoms. The van der Waals surface area contributed by atoms with E-state index < -0.39 is 0 Å². The van der Waals surface area contributed by atoms with Crippen molar-refractivity contribution in [3.05, 3.63) is 33.9 Å². The lowest BCUT2D eigenvalue weighted by Gasteiger charge is -2.30. The van der Waals surface area contributed by atoms with Crippen LogP contribution < -0.4 is 5.32 Å². The first-order chi connectivity index (χ1) is 9.88. The average molecular weight is 294 g/mol. The fraction of sp³-hybridized carbons (Fsp3) is 0.600. The van der Waals surface area contributed by atoms with Crippen LogP contribution in [-0.2, 0) is 6.54 Å². The lowest BCUT2D eigenvalue weighted by atomic mass is 10.1. The van der Waals surface area contributed by atoms with Gasteiger partial charge in [-0.1, -0.05) is 13.0 Å². The Morgan fingerprint density at radius 1 is 1.38 bits per heavy atom. The highest BCUT2D eigenvalue weighted by Gasteiger charge is 2.17. The molecule has 1 atom stereocenters. The molecule has 0 spiro atoms. The minimum absolute atomic E-state index is 0.131. The molecule has 0 radical (unpaired) electrons. The summed E-state index contributed by atoms with van der Waals surface area (Å²) < 4.78 is 0. The van der Waals surface area contributed by atoms with Crippen LogP contribution >= 0.6 is 0 Å². The Balaban J connectivity index is 2.90. The third-order valence-corrected chi connectivity index (χ3v) is 3.57. The summed E-state index contributed by atoms with van der Waals surface area (Å²) in [7, 11) is 5.80. The van der Waals surface area contributed by atoms with E-state index in [4.69, 9.17) is 0 Å². The lowest BCUT2D eigenvalue weighted by Crippen LogP contribution is -2.39. The molecule has 1 unspecified atom stereocenters. The molecule has 1 N–H and O–H groups in total. The smallest absolute Gasteiger partial charge is 0.292 e. The number of nitrogens with zero attached hydrogens (tertiary/aromatic N) is 3. The number of rotatable bonds is 8. The molecule has 0 aliphatic rings. The molecule has 0 heterocycles. The standard InChI is InChI=1S/C15H26N4O2/c1-6-18(12(2)10-17(4)5)11-13-7-8-14(16-3)15(9-13)19(20)21/h7-9,12,16H,6,10-11H2,1-5H3. The molecule has 1 aromatic rings. The first-order valence-corrected chi connectivity index (χ1v) is 7.22. The van der Waals surface area contributed by atoms with E-state index in [1.165, 1.54) is 0 Å². The quantitative estimate of drug-likeness (QED) is 0.589. The molecule has 118 valence electrons. The van der Waals surface area contributed by atoms with Crippen molar-refractivity contribution in [1.29, 1.82) is 0 Å². The van der Waals surface area contributed by atoms with Crippen LogP contribution in [0.4, 0.5) is 11.4 Å². The van der Waals surface area contributed by atoms with Crippen molar-refractivity contribution in [3.8, 4) is 0 Å². The molecule has 0 aromatic heterocycles. The van der Waals surface area contributed by atoms with Gasteiger partial charge in [-0.3, -0.25) is 15.0 Å². The lowest BCUT2D eigenvalue weighted by molar-refractivity contribution is -0.384. The summed E-state index contributed by atoms with van der Waals surface area (Å²) >= 11 is 0. The van der Waals surface area contributed by atoms with Crippen molar-refractivity contribution < 1.29 is 4.92 Å². The predicted octanol–water partition coefficient (Wildman–Crippen LogP) is 2.41. The largest absolute Gasteiger partial charge is 0.383 e. The molecule has 0 saturated heterocycles. The van der Waals surface area contributed by atoms with Gasteiger partial charge in [0, 0.05) is 32.2 Å². The highest BCUT2D eigenvalue weighted by molar-refractivity contribution is 5.62. The Morgan fingerprint density at radius 3 is 2.52 bits per heavy atom. The molecule has 0 bridgehead atoms. The van der Waals surface area contributed by atoms with E-state index in [1.54, 1.807) is 19.2 Å². The Morgan fingerprint density at radius 2 is 2.05 bits per heavy atom. The minimum atomic E-state index is -0.338. The van der Waals surface area contributed by atoms with Crippen molar-refractivity contribution in [2.75, 3.05) is 39.5 Å². The second-order valence-electron chi connectivity index (χ2n) is 5.53. The van der Waals surface area contributed by atoms with Gasteiger partial charge in [-0.2, -0.15) is 0 Å². The zero-order valence-corrected chi connectivity index (χ0v) is 13.6. The molecule has 6 heteroatoms. The monoisotopic (exact) mass is 294 g/mol. The fourth-order valence-electron chi connectivity index (χ4n) is 2.50. The van der Waals surface area contributed by atoms with Crippen LogP contribution in [0.15, 0.2) is 18.2 Å².